The van der Waals surface area contributed by atoms with Gasteiger partial charge in [-0.05, 0) is 29.2 Å². The minimum atomic E-state index is -4.56. The summed E-state index contributed by atoms with van der Waals surface area (Å²) in [6.07, 6.45) is -4.56. The van der Waals surface area contributed by atoms with Gasteiger partial charge < -0.3 is 16.4 Å². The van der Waals surface area contributed by atoms with Crippen LogP contribution >= 0.6 is 0 Å². The first-order valence-corrected chi connectivity index (χ1v) is 10.3. The highest BCUT2D eigenvalue weighted by molar-refractivity contribution is 6.06. The van der Waals surface area contributed by atoms with Crippen molar-refractivity contribution in [3.63, 3.8) is 0 Å². The molecule has 33 heavy (non-hydrogen) atoms. The zero-order chi connectivity index (χ0) is 24.4. The van der Waals surface area contributed by atoms with Crippen molar-refractivity contribution < 1.29 is 22.8 Å². The van der Waals surface area contributed by atoms with Crippen LogP contribution < -0.4 is 16.4 Å². The zero-order valence-corrected chi connectivity index (χ0v) is 18.5. The molecule has 0 aliphatic carbocycles. The Morgan fingerprint density at radius 2 is 1.70 bits per heavy atom. The molecule has 1 aromatic heterocycles. The second kappa shape index (κ2) is 9.13. The van der Waals surface area contributed by atoms with Crippen LogP contribution in [0.5, 0.6) is 0 Å². The van der Waals surface area contributed by atoms with E-state index in [0.717, 1.165) is 5.56 Å². The SMILES string of the molecule is CC(C)(C)C(NC(=O)c1nn(Cc2ccc(N)cc2)c2ccccc12)C(=O)NCC(F)(F)F. The largest absolute Gasteiger partial charge is 0.405 e. The van der Waals surface area contributed by atoms with Gasteiger partial charge in [0.05, 0.1) is 12.1 Å². The number of halogens is 3. The second-order valence-corrected chi connectivity index (χ2v) is 8.87. The van der Waals surface area contributed by atoms with E-state index in [2.05, 4.69) is 10.4 Å². The number of benzene rings is 2. The molecule has 2 amide bonds. The lowest BCUT2D eigenvalue weighted by Gasteiger charge is -2.30. The van der Waals surface area contributed by atoms with Crippen LogP contribution in [0.25, 0.3) is 10.9 Å². The van der Waals surface area contributed by atoms with Gasteiger partial charge in [0.1, 0.15) is 12.6 Å². The van der Waals surface area contributed by atoms with Crippen molar-refractivity contribution in [2.45, 2.75) is 39.5 Å². The maximum absolute atomic E-state index is 13.1. The molecular weight excluding hydrogens is 435 g/mol. The molecule has 176 valence electrons. The lowest BCUT2D eigenvalue weighted by Crippen LogP contribution is -2.54. The fraction of sp³-hybridized carbons (Fsp3) is 0.348. The average molecular weight is 461 g/mol. The number of nitrogens with one attached hydrogen (secondary N) is 2. The number of nitrogen functional groups attached to an aromatic ring is 1. The fourth-order valence-electron chi connectivity index (χ4n) is 3.38. The first-order valence-electron chi connectivity index (χ1n) is 10.3. The Bertz CT molecular complexity index is 1150. The predicted molar refractivity (Wildman–Crippen MR) is 119 cm³/mol. The van der Waals surface area contributed by atoms with Crippen LogP contribution in [0, 0.1) is 5.41 Å². The van der Waals surface area contributed by atoms with Crippen molar-refractivity contribution in [2.75, 3.05) is 12.3 Å². The second-order valence-electron chi connectivity index (χ2n) is 8.87. The molecule has 0 fully saturated rings. The smallest absolute Gasteiger partial charge is 0.399 e. The molecule has 4 N–H and O–H groups in total. The van der Waals surface area contributed by atoms with E-state index < -0.39 is 36.0 Å². The summed E-state index contributed by atoms with van der Waals surface area (Å²) in [6.45, 7) is 3.87. The number of anilines is 1. The van der Waals surface area contributed by atoms with Gasteiger partial charge >= 0.3 is 6.18 Å². The molecule has 0 spiro atoms. The number of hydrogen-bond acceptors (Lipinski definition) is 4. The van der Waals surface area contributed by atoms with Crippen molar-refractivity contribution in [3.05, 3.63) is 59.8 Å². The summed E-state index contributed by atoms with van der Waals surface area (Å²) in [5, 5.41) is 9.44. The van der Waals surface area contributed by atoms with Crippen molar-refractivity contribution in [1.82, 2.24) is 20.4 Å². The van der Waals surface area contributed by atoms with Crippen molar-refractivity contribution in [1.29, 1.82) is 0 Å². The van der Waals surface area contributed by atoms with Crippen LogP contribution in [0.15, 0.2) is 48.5 Å². The summed E-state index contributed by atoms with van der Waals surface area (Å²) < 4.78 is 39.3. The molecule has 0 bridgehead atoms. The van der Waals surface area contributed by atoms with Crippen molar-refractivity contribution >= 4 is 28.4 Å². The van der Waals surface area contributed by atoms with Gasteiger partial charge in [-0.15, -0.1) is 0 Å². The van der Waals surface area contributed by atoms with Crippen LogP contribution in [-0.2, 0) is 11.3 Å². The minimum absolute atomic E-state index is 0.0823. The molecule has 0 saturated carbocycles. The van der Waals surface area contributed by atoms with Gasteiger partial charge in [0.15, 0.2) is 5.69 Å². The number of nitrogens with zero attached hydrogens (tertiary/aromatic N) is 2. The van der Waals surface area contributed by atoms with Gasteiger partial charge in [0.2, 0.25) is 5.91 Å². The van der Waals surface area contributed by atoms with E-state index in [1.165, 1.54) is 0 Å². The van der Waals surface area contributed by atoms with Crippen LogP contribution in [-0.4, -0.2) is 40.4 Å². The number of hydrogen-bond donors (Lipinski definition) is 3. The molecule has 1 unspecified atom stereocenters. The average Bonchev–Trinajstić information content (AvgIpc) is 3.09. The minimum Gasteiger partial charge on any atom is -0.399 e. The Balaban J connectivity index is 1.89. The third-order valence-corrected chi connectivity index (χ3v) is 5.05. The molecule has 1 atom stereocenters. The molecule has 3 aromatic rings. The lowest BCUT2D eigenvalue weighted by atomic mass is 9.86. The fourth-order valence-corrected chi connectivity index (χ4v) is 3.38. The Labute approximate surface area is 189 Å². The molecule has 7 nitrogen and oxygen atoms in total. The van der Waals surface area contributed by atoms with Crippen LogP contribution in [0.4, 0.5) is 18.9 Å². The lowest BCUT2D eigenvalue weighted by molar-refractivity contribution is -0.140. The normalized spacial score (nSPS) is 13.0. The molecule has 3 rings (SSSR count). The quantitative estimate of drug-likeness (QED) is 0.489. The summed E-state index contributed by atoms with van der Waals surface area (Å²) in [5.74, 6) is -1.57. The van der Waals surface area contributed by atoms with E-state index in [-0.39, 0.29) is 5.69 Å². The molecule has 2 aromatic carbocycles. The monoisotopic (exact) mass is 461 g/mol. The molecular formula is C23H26F3N5O2. The Morgan fingerprint density at radius 1 is 1.06 bits per heavy atom. The van der Waals surface area contributed by atoms with Gasteiger partial charge in [0.25, 0.3) is 5.91 Å². The highest BCUT2D eigenvalue weighted by atomic mass is 19.4. The number of carbonyl (C=O) groups excluding carboxylic acids is 2. The first-order chi connectivity index (χ1) is 15.3. The summed E-state index contributed by atoms with van der Waals surface area (Å²) in [6, 6.07) is 13.1. The standard InChI is InChI=1S/C23H26F3N5O2/c1-22(2,3)19(21(33)28-13-23(24,25)26)29-20(32)18-16-6-4-5-7-17(16)31(30-18)12-14-8-10-15(27)11-9-14/h4-11,19H,12-13,27H2,1-3H3,(H,28,33)(H,29,32). The van der Waals surface area contributed by atoms with E-state index >= 15 is 0 Å². The number of fused-ring (bicyclic) bond motifs is 1. The number of rotatable bonds is 6. The number of amides is 2. The van der Waals surface area contributed by atoms with Crippen LogP contribution in [0.3, 0.4) is 0 Å². The molecule has 10 heteroatoms. The predicted octanol–water partition coefficient (Wildman–Crippen LogP) is 3.49. The number of nitrogens with two attached hydrogens (primary N) is 1. The van der Waals surface area contributed by atoms with E-state index in [1.54, 1.807) is 49.7 Å². The highest BCUT2D eigenvalue weighted by Crippen LogP contribution is 2.23. The molecule has 1 heterocycles. The van der Waals surface area contributed by atoms with E-state index in [1.807, 2.05) is 29.6 Å². The summed E-state index contributed by atoms with van der Waals surface area (Å²) >= 11 is 0. The van der Waals surface area contributed by atoms with Crippen molar-refractivity contribution in [2.24, 2.45) is 5.41 Å². The van der Waals surface area contributed by atoms with Crippen molar-refractivity contribution in [3.8, 4) is 0 Å². The van der Waals surface area contributed by atoms with Gasteiger partial charge in [-0.25, -0.2) is 0 Å². The van der Waals surface area contributed by atoms with E-state index in [9.17, 15) is 22.8 Å². The maximum Gasteiger partial charge on any atom is 0.405 e. The van der Waals surface area contributed by atoms with Crippen LogP contribution in [0.2, 0.25) is 0 Å². The summed E-state index contributed by atoms with van der Waals surface area (Å²) in [5.41, 5.74) is 7.23. The Kier molecular flexibility index (Phi) is 6.66. The Morgan fingerprint density at radius 3 is 2.30 bits per heavy atom. The molecule has 0 aliphatic heterocycles. The van der Waals surface area contributed by atoms with Crippen LogP contribution in [0.1, 0.15) is 36.8 Å². The summed E-state index contributed by atoms with van der Waals surface area (Å²) in [4.78, 5) is 25.6. The topological polar surface area (TPSA) is 102 Å². The third kappa shape index (κ3) is 6.03. The van der Waals surface area contributed by atoms with E-state index in [4.69, 9.17) is 5.73 Å². The Hall–Kier alpha value is -3.56. The molecule has 0 saturated heterocycles. The first kappa shape index (κ1) is 24.1. The number of para-hydroxylation sites is 1. The maximum atomic E-state index is 13.1. The van der Waals surface area contributed by atoms with Gasteiger partial charge in [-0.1, -0.05) is 51.1 Å². The number of carbonyl (C=O) groups is 2. The number of aromatic nitrogens is 2. The van der Waals surface area contributed by atoms with E-state index in [0.29, 0.717) is 23.1 Å². The van der Waals surface area contributed by atoms with Gasteiger partial charge in [-0.2, -0.15) is 18.3 Å². The molecule has 0 radical (unpaired) electrons. The van der Waals surface area contributed by atoms with Gasteiger partial charge in [0, 0.05) is 11.1 Å². The third-order valence-electron chi connectivity index (χ3n) is 5.05. The number of alkyl halides is 3. The summed E-state index contributed by atoms with van der Waals surface area (Å²) in [7, 11) is 0. The van der Waals surface area contributed by atoms with Gasteiger partial charge in [-0.3, -0.25) is 14.3 Å². The zero-order valence-electron chi connectivity index (χ0n) is 18.5. The molecule has 0 aliphatic rings. The highest BCUT2D eigenvalue weighted by Gasteiger charge is 2.36.